The van der Waals surface area contributed by atoms with E-state index in [-0.39, 0.29) is 5.91 Å². The van der Waals surface area contributed by atoms with Gasteiger partial charge >= 0.3 is 0 Å². The van der Waals surface area contributed by atoms with Crippen molar-refractivity contribution < 1.29 is 4.79 Å². The van der Waals surface area contributed by atoms with Crippen LogP contribution in [0.2, 0.25) is 0 Å². The minimum absolute atomic E-state index is 0.158. The van der Waals surface area contributed by atoms with E-state index < -0.39 is 0 Å². The van der Waals surface area contributed by atoms with Gasteiger partial charge in [-0.15, -0.1) is 0 Å². The fraction of sp³-hybridized carbons (Fsp3) is 0.619. The molecule has 0 bridgehead atoms. The molecule has 7 heteroatoms. The first-order valence-electron chi connectivity index (χ1n) is 10.6. The third-order valence-electron chi connectivity index (χ3n) is 5.90. The summed E-state index contributed by atoms with van der Waals surface area (Å²) in [6.45, 7) is 5.51. The van der Waals surface area contributed by atoms with Crippen molar-refractivity contribution >= 4 is 5.91 Å². The molecular weight excluding hydrogens is 352 g/mol. The molecule has 1 amide bonds. The number of rotatable bonds is 5. The molecule has 2 aromatic heterocycles. The molecule has 28 heavy (non-hydrogen) atoms. The lowest BCUT2D eigenvalue weighted by atomic mass is 9.94. The summed E-state index contributed by atoms with van der Waals surface area (Å²) in [5, 5.41) is 7.67. The number of fused-ring (bicyclic) bond motifs is 1. The van der Waals surface area contributed by atoms with Crippen LogP contribution in [0.5, 0.6) is 0 Å². The van der Waals surface area contributed by atoms with Crippen LogP contribution in [0.3, 0.4) is 0 Å². The van der Waals surface area contributed by atoms with E-state index in [0.29, 0.717) is 12.1 Å². The standard InChI is InChI=1S/C21H30N6O/c1-2-20-22-12-16(13-23-20)21(28)24-14-17-11-19-15-26(9-6-10-27(19)25-17)18-7-4-3-5-8-18/h11-13,18H,2-10,14-15H2,1H3,(H,24,28). The monoisotopic (exact) mass is 382 g/mol. The average Bonchev–Trinajstić information content (AvgIpc) is 3.02. The Hall–Kier alpha value is -2.28. The number of nitrogens with zero attached hydrogens (tertiary/aromatic N) is 5. The summed E-state index contributed by atoms with van der Waals surface area (Å²) in [5.41, 5.74) is 2.67. The Labute approximate surface area is 166 Å². The van der Waals surface area contributed by atoms with Gasteiger partial charge in [0.05, 0.1) is 23.5 Å². The molecule has 0 spiro atoms. The number of amides is 1. The van der Waals surface area contributed by atoms with E-state index in [2.05, 4.69) is 30.9 Å². The van der Waals surface area contributed by atoms with Gasteiger partial charge in [-0.3, -0.25) is 14.4 Å². The lowest BCUT2D eigenvalue weighted by Gasteiger charge is -2.33. The van der Waals surface area contributed by atoms with Crippen LogP contribution in [-0.2, 0) is 26.1 Å². The zero-order valence-electron chi connectivity index (χ0n) is 16.7. The molecule has 3 heterocycles. The van der Waals surface area contributed by atoms with Gasteiger partial charge in [0.1, 0.15) is 5.82 Å². The lowest BCUT2D eigenvalue weighted by Crippen LogP contribution is -2.36. The molecule has 1 aliphatic carbocycles. The summed E-state index contributed by atoms with van der Waals surface area (Å²) in [5.74, 6) is 0.589. The van der Waals surface area contributed by atoms with Gasteiger partial charge in [-0.05, 0) is 25.3 Å². The number of hydrogen-bond donors (Lipinski definition) is 1. The van der Waals surface area contributed by atoms with Gasteiger partial charge in [0.15, 0.2) is 0 Å². The average molecular weight is 383 g/mol. The molecule has 150 valence electrons. The number of nitrogens with one attached hydrogen (secondary N) is 1. The molecule has 1 saturated carbocycles. The Kier molecular flexibility index (Phi) is 6.00. The van der Waals surface area contributed by atoms with Crippen LogP contribution in [0.1, 0.15) is 73.0 Å². The minimum atomic E-state index is -0.158. The quantitative estimate of drug-likeness (QED) is 0.860. The Morgan fingerprint density at radius 3 is 2.68 bits per heavy atom. The number of aryl methyl sites for hydroxylation is 2. The Morgan fingerprint density at radius 1 is 1.14 bits per heavy atom. The molecular formula is C21H30N6O. The van der Waals surface area contributed by atoms with Crippen molar-refractivity contribution in [1.82, 2.24) is 30.0 Å². The minimum Gasteiger partial charge on any atom is -0.346 e. The zero-order chi connectivity index (χ0) is 19.3. The topological polar surface area (TPSA) is 75.9 Å². The van der Waals surface area contributed by atoms with Gasteiger partial charge in [0.25, 0.3) is 5.91 Å². The normalized spacial score (nSPS) is 18.5. The molecule has 1 N–H and O–H groups in total. The summed E-state index contributed by atoms with van der Waals surface area (Å²) in [4.78, 5) is 23.4. The maximum atomic E-state index is 12.3. The first kappa shape index (κ1) is 19.1. The molecule has 7 nitrogen and oxygen atoms in total. The van der Waals surface area contributed by atoms with Crippen molar-refractivity contribution in [3.8, 4) is 0 Å². The van der Waals surface area contributed by atoms with E-state index in [4.69, 9.17) is 5.10 Å². The summed E-state index contributed by atoms with van der Waals surface area (Å²) < 4.78 is 2.13. The maximum absolute atomic E-state index is 12.3. The lowest BCUT2D eigenvalue weighted by molar-refractivity contribution is 0.0949. The first-order valence-corrected chi connectivity index (χ1v) is 10.6. The largest absolute Gasteiger partial charge is 0.346 e. The van der Waals surface area contributed by atoms with Gasteiger partial charge in [-0.1, -0.05) is 26.2 Å². The van der Waals surface area contributed by atoms with Crippen molar-refractivity contribution in [3.05, 3.63) is 41.2 Å². The molecule has 2 aromatic rings. The highest BCUT2D eigenvalue weighted by Crippen LogP contribution is 2.26. The SMILES string of the molecule is CCc1ncc(C(=O)NCc2cc3n(n2)CCCN(C2CCCCC2)C3)cn1. The van der Waals surface area contributed by atoms with E-state index in [1.807, 2.05) is 6.92 Å². The van der Waals surface area contributed by atoms with Crippen molar-refractivity contribution in [2.45, 2.75) is 77.5 Å². The maximum Gasteiger partial charge on any atom is 0.254 e. The number of hydrogen-bond acceptors (Lipinski definition) is 5. The predicted molar refractivity (Wildman–Crippen MR) is 107 cm³/mol. The third kappa shape index (κ3) is 4.41. The van der Waals surface area contributed by atoms with Gasteiger partial charge in [-0.2, -0.15) is 5.10 Å². The number of carbonyl (C=O) groups is 1. The smallest absolute Gasteiger partial charge is 0.254 e. The molecule has 4 rings (SSSR count). The van der Waals surface area contributed by atoms with Crippen molar-refractivity contribution in [2.75, 3.05) is 6.54 Å². The van der Waals surface area contributed by atoms with E-state index in [1.165, 1.54) is 37.8 Å². The molecule has 1 fully saturated rings. The van der Waals surface area contributed by atoms with E-state index in [0.717, 1.165) is 50.0 Å². The second-order valence-electron chi connectivity index (χ2n) is 7.89. The molecule has 0 radical (unpaired) electrons. The predicted octanol–water partition coefficient (Wildman–Crippen LogP) is 2.70. The first-order chi connectivity index (χ1) is 13.7. The molecule has 1 aliphatic heterocycles. The molecule has 0 atom stereocenters. The van der Waals surface area contributed by atoms with Crippen molar-refractivity contribution in [3.63, 3.8) is 0 Å². The van der Waals surface area contributed by atoms with Crippen LogP contribution < -0.4 is 5.32 Å². The summed E-state index contributed by atoms with van der Waals surface area (Å²) in [6.07, 6.45) is 11.8. The fourth-order valence-electron chi connectivity index (χ4n) is 4.32. The van der Waals surface area contributed by atoms with Crippen LogP contribution in [0.15, 0.2) is 18.5 Å². The van der Waals surface area contributed by atoms with E-state index in [1.54, 1.807) is 12.4 Å². The van der Waals surface area contributed by atoms with Gasteiger partial charge in [-0.25, -0.2) is 9.97 Å². The highest BCUT2D eigenvalue weighted by atomic mass is 16.1. The van der Waals surface area contributed by atoms with Crippen LogP contribution in [0.4, 0.5) is 0 Å². The second-order valence-corrected chi connectivity index (χ2v) is 7.89. The zero-order valence-corrected chi connectivity index (χ0v) is 16.7. The van der Waals surface area contributed by atoms with Crippen LogP contribution in [0.25, 0.3) is 0 Å². The Morgan fingerprint density at radius 2 is 1.93 bits per heavy atom. The highest BCUT2D eigenvalue weighted by Gasteiger charge is 2.24. The molecule has 0 unspecified atom stereocenters. The van der Waals surface area contributed by atoms with Gasteiger partial charge in [0.2, 0.25) is 0 Å². The third-order valence-corrected chi connectivity index (χ3v) is 5.90. The number of aromatic nitrogens is 4. The second kappa shape index (κ2) is 8.82. The molecule has 0 aromatic carbocycles. The Balaban J connectivity index is 1.37. The van der Waals surface area contributed by atoms with Crippen LogP contribution in [0, 0.1) is 0 Å². The Bertz CT molecular complexity index is 794. The molecule has 0 saturated heterocycles. The van der Waals surface area contributed by atoms with Crippen molar-refractivity contribution in [1.29, 1.82) is 0 Å². The summed E-state index contributed by atoms with van der Waals surface area (Å²) >= 11 is 0. The molecule has 2 aliphatic rings. The van der Waals surface area contributed by atoms with E-state index >= 15 is 0 Å². The van der Waals surface area contributed by atoms with Crippen molar-refractivity contribution in [2.24, 2.45) is 0 Å². The number of carbonyl (C=O) groups excluding carboxylic acids is 1. The van der Waals surface area contributed by atoms with Crippen LogP contribution in [-0.4, -0.2) is 43.1 Å². The highest BCUT2D eigenvalue weighted by molar-refractivity contribution is 5.93. The van der Waals surface area contributed by atoms with Gasteiger partial charge in [0, 0.05) is 44.5 Å². The summed E-state index contributed by atoms with van der Waals surface area (Å²) in [7, 11) is 0. The van der Waals surface area contributed by atoms with Gasteiger partial charge < -0.3 is 5.32 Å². The fourth-order valence-corrected chi connectivity index (χ4v) is 4.32. The summed E-state index contributed by atoms with van der Waals surface area (Å²) in [6, 6.07) is 2.88. The van der Waals surface area contributed by atoms with E-state index in [9.17, 15) is 4.79 Å². The van der Waals surface area contributed by atoms with Crippen LogP contribution >= 0.6 is 0 Å².